The van der Waals surface area contributed by atoms with Gasteiger partial charge in [0.05, 0.1) is 13.2 Å². The van der Waals surface area contributed by atoms with Crippen LogP contribution < -0.4 is 10.6 Å². The summed E-state index contributed by atoms with van der Waals surface area (Å²) in [5.74, 6) is -0.372. The smallest absolute Gasteiger partial charge is 0.236 e. The molecule has 0 radical (unpaired) electrons. The highest BCUT2D eigenvalue weighted by atomic mass is 16.3. The van der Waals surface area contributed by atoms with Crippen LogP contribution in [0.5, 0.6) is 0 Å². The molecule has 0 saturated heterocycles. The molecule has 0 fully saturated rings. The Bertz CT molecular complexity index is 402. The first-order chi connectivity index (χ1) is 7.95. The van der Waals surface area contributed by atoms with Crippen molar-refractivity contribution in [3.05, 3.63) is 29.3 Å². The fourth-order valence-corrected chi connectivity index (χ4v) is 1.83. The van der Waals surface area contributed by atoms with Gasteiger partial charge in [0.1, 0.15) is 0 Å². The van der Waals surface area contributed by atoms with E-state index in [9.17, 15) is 9.90 Å². The van der Waals surface area contributed by atoms with Crippen LogP contribution in [-0.4, -0.2) is 23.6 Å². The molecule has 94 valence electrons. The molecule has 0 aliphatic heterocycles. The molecule has 3 N–H and O–H groups in total. The van der Waals surface area contributed by atoms with E-state index < -0.39 is 0 Å². The second-order valence-corrected chi connectivity index (χ2v) is 4.48. The molecule has 4 heteroatoms. The number of aryl methyl sites for hydroxylation is 1. The fourth-order valence-electron chi connectivity index (χ4n) is 1.83. The summed E-state index contributed by atoms with van der Waals surface area (Å²) in [5.41, 5.74) is 8.02. The Morgan fingerprint density at radius 2 is 2.12 bits per heavy atom. The van der Waals surface area contributed by atoms with Gasteiger partial charge in [0.2, 0.25) is 5.91 Å². The van der Waals surface area contributed by atoms with E-state index in [1.807, 2.05) is 43.9 Å². The summed E-state index contributed by atoms with van der Waals surface area (Å²) in [7, 11) is 0. The summed E-state index contributed by atoms with van der Waals surface area (Å²) in [4.78, 5) is 13.0. The zero-order chi connectivity index (χ0) is 13.0. The maximum Gasteiger partial charge on any atom is 0.236 e. The van der Waals surface area contributed by atoms with E-state index in [0.717, 1.165) is 16.8 Å². The molecule has 0 aliphatic rings. The first kappa shape index (κ1) is 13.5. The Morgan fingerprint density at radius 3 is 2.59 bits per heavy atom. The highest BCUT2D eigenvalue weighted by molar-refractivity contribution is 5.80. The molecular formula is C13H20N2O2. The highest BCUT2D eigenvalue weighted by Gasteiger charge is 2.16. The second-order valence-electron chi connectivity index (χ2n) is 4.48. The number of nitrogens with zero attached hydrogens (tertiary/aromatic N) is 1. The lowest BCUT2D eigenvalue weighted by atomic mass is 10.1. The van der Waals surface area contributed by atoms with Gasteiger partial charge >= 0.3 is 0 Å². The zero-order valence-corrected chi connectivity index (χ0v) is 10.6. The zero-order valence-electron chi connectivity index (χ0n) is 10.6. The van der Waals surface area contributed by atoms with E-state index >= 15 is 0 Å². The minimum absolute atomic E-state index is 0.0427. The number of hydrogen-bond donors (Lipinski definition) is 2. The largest absolute Gasteiger partial charge is 0.392 e. The lowest BCUT2D eigenvalue weighted by molar-refractivity contribution is -0.116. The molecule has 1 aromatic carbocycles. The molecule has 0 heterocycles. The predicted molar refractivity (Wildman–Crippen MR) is 68.8 cm³/mol. The number of aliphatic hydroxyl groups excluding tert-OH is 1. The van der Waals surface area contributed by atoms with Gasteiger partial charge in [0, 0.05) is 17.3 Å². The molecule has 0 atom stereocenters. The van der Waals surface area contributed by atoms with Gasteiger partial charge in [-0.2, -0.15) is 0 Å². The van der Waals surface area contributed by atoms with Crippen LogP contribution >= 0.6 is 0 Å². The Hall–Kier alpha value is -1.55. The van der Waals surface area contributed by atoms with Crippen LogP contribution in [-0.2, 0) is 11.4 Å². The Balaban J connectivity index is 3.13. The van der Waals surface area contributed by atoms with Gasteiger partial charge in [-0.05, 0) is 26.8 Å². The number of hydrogen-bond acceptors (Lipinski definition) is 3. The molecule has 0 bridgehead atoms. The molecule has 0 aliphatic carbocycles. The molecule has 1 rings (SSSR count). The first-order valence-corrected chi connectivity index (χ1v) is 5.71. The summed E-state index contributed by atoms with van der Waals surface area (Å²) in [6.07, 6.45) is 0. The van der Waals surface area contributed by atoms with E-state index in [0.29, 0.717) is 0 Å². The molecule has 17 heavy (non-hydrogen) atoms. The second kappa shape index (κ2) is 5.68. The number of benzene rings is 1. The molecule has 0 spiro atoms. The van der Waals surface area contributed by atoms with Crippen LogP contribution in [0.4, 0.5) is 5.69 Å². The normalized spacial score (nSPS) is 10.6. The minimum atomic E-state index is -0.372. The summed E-state index contributed by atoms with van der Waals surface area (Å²) in [5, 5.41) is 9.36. The number of amides is 1. The monoisotopic (exact) mass is 236 g/mol. The maximum atomic E-state index is 11.1. The number of carbonyl (C=O) groups excluding carboxylic acids is 1. The lowest BCUT2D eigenvalue weighted by Gasteiger charge is -2.29. The van der Waals surface area contributed by atoms with Gasteiger partial charge in [-0.1, -0.05) is 17.7 Å². The summed E-state index contributed by atoms with van der Waals surface area (Å²) < 4.78 is 0. The summed E-state index contributed by atoms with van der Waals surface area (Å²) in [6, 6.07) is 5.95. The number of rotatable bonds is 5. The third kappa shape index (κ3) is 3.46. The topological polar surface area (TPSA) is 66.6 Å². The van der Waals surface area contributed by atoms with Crippen molar-refractivity contribution in [2.75, 3.05) is 11.4 Å². The number of carbonyl (C=O) groups is 1. The number of anilines is 1. The first-order valence-electron chi connectivity index (χ1n) is 5.71. The number of aliphatic hydroxyl groups is 1. The Morgan fingerprint density at radius 1 is 1.47 bits per heavy atom. The third-order valence-corrected chi connectivity index (χ3v) is 2.66. The van der Waals surface area contributed by atoms with E-state index in [-0.39, 0.29) is 25.1 Å². The predicted octanol–water partition coefficient (Wildman–Crippen LogP) is 1.19. The molecule has 1 amide bonds. The summed E-state index contributed by atoms with van der Waals surface area (Å²) >= 11 is 0. The van der Waals surface area contributed by atoms with Crippen LogP contribution in [0.25, 0.3) is 0 Å². The maximum absolute atomic E-state index is 11.1. The Kier molecular flexibility index (Phi) is 4.52. The van der Waals surface area contributed by atoms with Crippen molar-refractivity contribution in [2.24, 2.45) is 5.73 Å². The quantitative estimate of drug-likeness (QED) is 0.807. The van der Waals surface area contributed by atoms with Crippen LogP contribution in [0.15, 0.2) is 18.2 Å². The van der Waals surface area contributed by atoms with E-state index in [4.69, 9.17) is 5.73 Å². The van der Waals surface area contributed by atoms with E-state index in [1.54, 1.807) is 0 Å². The summed E-state index contributed by atoms with van der Waals surface area (Å²) in [6.45, 7) is 6.07. The highest BCUT2D eigenvalue weighted by Crippen LogP contribution is 2.23. The van der Waals surface area contributed by atoms with Crippen LogP contribution in [0.3, 0.4) is 0 Å². The fraction of sp³-hybridized carbons (Fsp3) is 0.462. The van der Waals surface area contributed by atoms with Crippen molar-refractivity contribution in [3.8, 4) is 0 Å². The van der Waals surface area contributed by atoms with Gasteiger partial charge in [-0.25, -0.2) is 0 Å². The van der Waals surface area contributed by atoms with Crippen LogP contribution in [0, 0.1) is 6.92 Å². The van der Waals surface area contributed by atoms with E-state index in [1.165, 1.54) is 0 Å². The van der Waals surface area contributed by atoms with Crippen molar-refractivity contribution in [1.82, 2.24) is 0 Å². The molecular weight excluding hydrogens is 216 g/mol. The van der Waals surface area contributed by atoms with Crippen molar-refractivity contribution in [2.45, 2.75) is 33.4 Å². The number of nitrogens with two attached hydrogens (primary N) is 1. The van der Waals surface area contributed by atoms with Crippen molar-refractivity contribution in [1.29, 1.82) is 0 Å². The average molecular weight is 236 g/mol. The Labute approximate surface area is 102 Å². The van der Waals surface area contributed by atoms with Crippen LogP contribution in [0.1, 0.15) is 25.0 Å². The molecule has 0 unspecified atom stereocenters. The van der Waals surface area contributed by atoms with Gasteiger partial charge in [0.25, 0.3) is 0 Å². The molecule has 1 aromatic rings. The number of primary amides is 1. The average Bonchev–Trinajstić information content (AvgIpc) is 2.25. The minimum Gasteiger partial charge on any atom is -0.392 e. The third-order valence-electron chi connectivity index (χ3n) is 2.66. The molecule has 4 nitrogen and oxygen atoms in total. The molecule has 0 saturated carbocycles. The standard InChI is InChI=1S/C13H20N2O2/c1-9(2)15(7-13(14)17)12-5-4-10(3)6-11(12)8-16/h4-6,9,16H,7-8H2,1-3H3,(H2,14,17). The van der Waals surface area contributed by atoms with E-state index in [2.05, 4.69) is 0 Å². The van der Waals surface area contributed by atoms with Crippen molar-refractivity contribution >= 4 is 11.6 Å². The van der Waals surface area contributed by atoms with Gasteiger partial charge in [-0.3, -0.25) is 4.79 Å². The van der Waals surface area contributed by atoms with Gasteiger partial charge < -0.3 is 15.7 Å². The van der Waals surface area contributed by atoms with Crippen molar-refractivity contribution < 1.29 is 9.90 Å². The van der Waals surface area contributed by atoms with Crippen molar-refractivity contribution in [3.63, 3.8) is 0 Å². The lowest BCUT2D eigenvalue weighted by Crippen LogP contribution is -2.39. The van der Waals surface area contributed by atoms with Crippen LogP contribution in [0.2, 0.25) is 0 Å². The van der Waals surface area contributed by atoms with Gasteiger partial charge in [-0.15, -0.1) is 0 Å². The van der Waals surface area contributed by atoms with Gasteiger partial charge in [0.15, 0.2) is 0 Å². The SMILES string of the molecule is Cc1ccc(N(CC(N)=O)C(C)C)c(CO)c1. The molecule has 0 aromatic heterocycles.